The molecule has 0 bridgehead atoms. The van der Waals surface area contributed by atoms with Gasteiger partial charge in [-0.05, 0) is 30.3 Å². The Labute approximate surface area is 156 Å². The number of hydrogen-bond acceptors (Lipinski definition) is 8. The Balaban J connectivity index is 1.66. The second kappa shape index (κ2) is 8.61. The van der Waals surface area contributed by atoms with E-state index in [1.807, 2.05) is 24.3 Å². The Morgan fingerprint density at radius 1 is 1.07 bits per heavy atom. The normalized spacial score (nSPS) is 10.1. The number of carbonyl (C=O) groups is 1. The van der Waals surface area contributed by atoms with E-state index in [2.05, 4.69) is 30.6 Å². The van der Waals surface area contributed by atoms with Crippen LogP contribution >= 0.6 is 0 Å². The summed E-state index contributed by atoms with van der Waals surface area (Å²) in [6.45, 7) is 0.503. The molecule has 1 aromatic heterocycles. The molecule has 0 amide bonds. The lowest BCUT2D eigenvalue weighted by Crippen LogP contribution is -2.07. The van der Waals surface area contributed by atoms with Crippen molar-refractivity contribution in [3.63, 3.8) is 0 Å². The van der Waals surface area contributed by atoms with Gasteiger partial charge in [0, 0.05) is 17.8 Å². The molecule has 0 unspecified atom stereocenters. The predicted molar refractivity (Wildman–Crippen MR) is 101 cm³/mol. The molecule has 0 saturated carbocycles. The van der Waals surface area contributed by atoms with Crippen molar-refractivity contribution in [3.05, 3.63) is 65.9 Å². The Hall–Kier alpha value is -3.68. The second-order valence-corrected chi connectivity index (χ2v) is 5.52. The van der Waals surface area contributed by atoms with Gasteiger partial charge >= 0.3 is 5.97 Å². The Bertz CT molecular complexity index is 915. The van der Waals surface area contributed by atoms with Crippen molar-refractivity contribution in [1.82, 2.24) is 15.2 Å². The first-order valence-electron chi connectivity index (χ1n) is 8.20. The summed E-state index contributed by atoms with van der Waals surface area (Å²) >= 11 is 0. The smallest absolute Gasteiger partial charge is 0.337 e. The molecule has 27 heavy (non-hydrogen) atoms. The lowest BCUT2D eigenvalue weighted by molar-refractivity contribution is 0.0601. The van der Waals surface area contributed by atoms with Crippen LogP contribution in [0.1, 0.15) is 15.9 Å². The average molecular weight is 365 g/mol. The maximum atomic E-state index is 11.5. The molecule has 0 atom stereocenters. The van der Waals surface area contributed by atoms with E-state index < -0.39 is 0 Å². The van der Waals surface area contributed by atoms with Gasteiger partial charge in [-0.2, -0.15) is 10.1 Å². The highest BCUT2D eigenvalue weighted by atomic mass is 16.5. The lowest BCUT2D eigenvalue weighted by atomic mass is 10.2. The molecule has 0 aliphatic carbocycles. The van der Waals surface area contributed by atoms with Gasteiger partial charge in [0.15, 0.2) is 5.82 Å². The number of nitrogens with zero attached hydrogens (tertiary/aromatic N) is 3. The van der Waals surface area contributed by atoms with Gasteiger partial charge < -0.3 is 20.1 Å². The topological polar surface area (TPSA) is 98.3 Å². The summed E-state index contributed by atoms with van der Waals surface area (Å²) in [6.07, 6.45) is 1.52. The molecule has 0 fully saturated rings. The monoisotopic (exact) mass is 365 g/mol. The highest BCUT2D eigenvalue weighted by molar-refractivity contribution is 5.89. The third-order valence-corrected chi connectivity index (χ3v) is 3.77. The first kappa shape index (κ1) is 18.1. The third-order valence-electron chi connectivity index (χ3n) is 3.77. The summed E-state index contributed by atoms with van der Waals surface area (Å²) in [5.74, 6) is 1.32. The van der Waals surface area contributed by atoms with Gasteiger partial charge in [0.05, 0.1) is 26.0 Å². The summed E-state index contributed by atoms with van der Waals surface area (Å²) in [6, 6.07) is 14.6. The fraction of sp³-hybridized carbons (Fsp3) is 0.158. The molecule has 8 heteroatoms. The van der Waals surface area contributed by atoms with Crippen molar-refractivity contribution in [2.24, 2.45) is 0 Å². The van der Waals surface area contributed by atoms with E-state index in [0.29, 0.717) is 23.9 Å². The number of hydrogen-bond donors (Lipinski definition) is 2. The molecule has 138 valence electrons. The first-order chi connectivity index (χ1) is 13.2. The lowest BCUT2D eigenvalue weighted by Gasteiger charge is -2.10. The van der Waals surface area contributed by atoms with E-state index in [1.165, 1.54) is 13.3 Å². The van der Waals surface area contributed by atoms with Crippen molar-refractivity contribution < 1.29 is 14.3 Å². The molecule has 0 aliphatic rings. The molecule has 0 radical (unpaired) electrons. The minimum atomic E-state index is -0.381. The number of carbonyl (C=O) groups excluding carboxylic acids is 1. The van der Waals surface area contributed by atoms with Gasteiger partial charge in [0.25, 0.3) is 0 Å². The number of anilines is 3. The number of ether oxygens (including phenoxy) is 2. The zero-order valence-electron chi connectivity index (χ0n) is 15.0. The van der Waals surface area contributed by atoms with Crippen molar-refractivity contribution in [2.45, 2.75) is 6.54 Å². The van der Waals surface area contributed by atoms with E-state index in [1.54, 1.807) is 31.4 Å². The minimum absolute atomic E-state index is 0.381. The molecule has 0 aliphatic heterocycles. The summed E-state index contributed by atoms with van der Waals surface area (Å²) in [4.78, 5) is 15.9. The van der Waals surface area contributed by atoms with Crippen LogP contribution in [0.4, 0.5) is 17.5 Å². The van der Waals surface area contributed by atoms with Crippen LogP contribution in [0.15, 0.2) is 54.7 Å². The van der Waals surface area contributed by atoms with Gasteiger partial charge in [-0.3, -0.25) is 0 Å². The Morgan fingerprint density at radius 3 is 2.59 bits per heavy atom. The third kappa shape index (κ3) is 4.69. The van der Waals surface area contributed by atoms with Crippen LogP contribution in [0.2, 0.25) is 0 Å². The number of benzene rings is 2. The number of rotatable bonds is 7. The van der Waals surface area contributed by atoms with Crippen LogP contribution in [0, 0.1) is 0 Å². The Kier molecular flexibility index (Phi) is 5.78. The van der Waals surface area contributed by atoms with Gasteiger partial charge in [-0.15, -0.1) is 5.10 Å². The van der Waals surface area contributed by atoms with Crippen LogP contribution in [0.25, 0.3) is 0 Å². The summed E-state index contributed by atoms with van der Waals surface area (Å²) in [5, 5.41) is 14.2. The second-order valence-electron chi connectivity index (χ2n) is 5.52. The van der Waals surface area contributed by atoms with Crippen LogP contribution in [0.3, 0.4) is 0 Å². The van der Waals surface area contributed by atoms with Gasteiger partial charge in [0.1, 0.15) is 5.75 Å². The molecule has 3 rings (SSSR count). The summed E-state index contributed by atoms with van der Waals surface area (Å²) in [7, 11) is 2.98. The van der Waals surface area contributed by atoms with Crippen molar-refractivity contribution in [1.29, 1.82) is 0 Å². The molecule has 3 aromatic rings. The highest BCUT2D eigenvalue weighted by Crippen LogP contribution is 2.19. The maximum Gasteiger partial charge on any atom is 0.337 e. The Morgan fingerprint density at radius 2 is 1.85 bits per heavy atom. The molecule has 0 spiro atoms. The van der Waals surface area contributed by atoms with Gasteiger partial charge in [-0.1, -0.05) is 18.2 Å². The largest absolute Gasteiger partial charge is 0.496 e. The summed E-state index contributed by atoms with van der Waals surface area (Å²) < 4.78 is 10.0. The molecule has 0 saturated heterocycles. The minimum Gasteiger partial charge on any atom is -0.496 e. The fourth-order valence-corrected chi connectivity index (χ4v) is 2.42. The van der Waals surface area contributed by atoms with E-state index in [0.717, 1.165) is 17.0 Å². The van der Waals surface area contributed by atoms with Crippen LogP contribution in [0.5, 0.6) is 5.75 Å². The van der Waals surface area contributed by atoms with E-state index in [-0.39, 0.29) is 5.97 Å². The van der Waals surface area contributed by atoms with Crippen LogP contribution in [-0.2, 0) is 11.3 Å². The van der Waals surface area contributed by atoms with Crippen molar-refractivity contribution in [2.75, 3.05) is 24.9 Å². The molecule has 2 N–H and O–H groups in total. The van der Waals surface area contributed by atoms with E-state index >= 15 is 0 Å². The molecular formula is C19H19N5O3. The SMILES string of the molecule is COC(=O)c1ccc(Nc2cnnc(NCc3ccccc3OC)n2)cc1. The number of para-hydroxylation sites is 1. The molecule has 2 aromatic carbocycles. The van der Waals surface area contributed by atoms with Gasteiger partial charge in [-0.25, -0.2) is 4.79 Å². The van der Waals surface area contributed by atoms with E-state index in [4.69, 9.17) is 4.74 Å². The number of nitrogens with one attached hydrogen (secondary N) is 2. The molecular weight excluding hydrogens is 346 g/mol. The van der Waals surface area contributed by atoms with Crippen molar-refractivity contribution >= 4 is 23.4 Å². The number of esters is 1. The fourth-order valence-electron chi connectivity index (χ4n) is 2.42. The predicted octanol–water partition coefficient (Wildman–Crippen LogP) is 3.02. The zero-order chi connectivity index (χ0) is 19.1. The van der Waals surface area contributed by atoms with Crippen LogP contribution in [-0.4, -0.2) is 35.4 Å². The molecule has 1 heterocycles. The van der Waals surface area contributed by atoms with Crippen molar-refractivity contribution in [3.8, 4) is 5.75 Å². The first-order valence-corrected chi connectivity index (χ1v) is 8.20. The van der Waals surface area contributed by atoms with Gasteiger partial charge in [0.2, 0.25) is 5.95 Å². The zero-order valence-corrected chi connectivity index (χ0v) is 15.0. The average Bonchev–Trinajstić information content (AvgIpc) is 2.72. The van der Waals surface area contributed by atoms with Crippen LogP contribution < -0.4 is 15.4 Å². The standard InChI is InChI=1S/C19H19N5O3/c1-26-16-6-4-3-5-14(16)11-20-19-23-17(12-21-24-19)22-15-9-7-13(8-10-15)18(25)27-2/h3-10,12H,11H2,1-2H3,(H2,20,22,23,24). The quantitative estimate of drug-likeness (QED) is 0.617. The molecule has 8 nitrogen and oxygen atoms in total. The maximum absolute atomic E-state index is 11.5. The number of methoxy groups -OCH3 is 2. The number of aromatic nitrogens is 3. The van der Waals surface area contributed by atoms with E-state index in [9.17, 15) is 4.79 Å². The summed E-state index contributed by atoms with van der Waals surface area (Å²) in [5.41, 5.74) is 2.22. The highest BCUT2D eigenvalue weighted by Gasteiger charge is 2.06.